The van der Waals surface area contributed by atoms with Crippen LogP contribution in [0.15, 0.2) is 77.3 Å². The van der Waals surface area contributed by atoms with Crippen molar-refractivity contribution in [3.05, 3.63) is 87.9 Å². The standard InChI is InChI=1S/C23H13BrClN3OS/c24-14-5-3-4-13(10-14)20-12-17(16-6-1-2-7-18(16)26-20)22(29)28-23-27-19-9-8-15(25)11-21(19)30-23/h1-12H,(H,27,28,29). The van der Waals surface area contributed by atoms with Gasteiger partial charge >= 0.3 is 0 Å². The van der Waals surface area contributed by atoms with Gasteiger partial charge in [-0.25, -0.2) is 9.97 Å². The first-order valence-electron chi connectivity index (χ1n) is 9.10. The summed E-state index contributed by atoms with van der Waals surface area (Å²) in [5, 5.41) is 4.90. The average Bonchev–Trinajstić information content (AvgIpc) is 3.14. The van der Waals surface area contributed by atoms with Crippen molar-refractivity contribution in [3.8, 4) is 11.3 Å². The Labute approximate surface area is 189 Å². The molecular formula is C23H13BrClN3OS. The van der Waals surface area contributed by atoms with Gasteiger partial charge in [0.15, 0.2) is 5.13 Å². The molecule has 5 rings (SSSR count). The zero-order valence-corrected chi connectivity index (χ0v) is 18.6. The van der Waals surface area contributed by atoms with Crippen molar-refractivity contribution in [1.82, 2.24) is 9.97 Å². The van der Waals surface area contributed by atoms with E-state index in [1.165, 1.54) is 11.3 Å². The maximum absolute atomic E-state index is 13.2. The quantitative estimate of drug-likeness (QED) is 0.289. The van der Waals surface area contributed by atoms with Gasteiger partial charge in [0.25, 0.3) is 5.91 Å². The zero-order valence-electron chi connectivity index (χ0n) is 15.4. The van der Waals surface area contributed by atoms with Gasteiger partial charge in [-0.2, -0.15) is 0 Å². The van der Waals surface area contributed by atoms with E-state index in [2.05, 4.69) is 26.2 Å². The maximum atomic E-state index is 13.2. The van der Waals surface area contributed by atoms with Gasteiger partial charge in [-0.15, -0.1) is 0 Å². The third-order valence-electron chi connectivity index (χ3n) is 4.65. The number of rotatable bonds is 3. The van der Waals surface area contributed by atoms with Gasteiger partial charge in [0, 0.05) is 20.4 Å². The molecule has 1 N–H and O–H groups in total. The Hall–Kier alpha value is -2.80. The Kier molecular flexibility index (Phi) is 4.98. The van der Waals surface area contributed by atoms with E-state index in [1.807, 2.05) is 66.7 Å². The lowest BCUT2D eigenvalue weighted by Gasteiger charge is -2.10. The van der Waals surface area contributed by atoms with Gasteiger partial charge in [-0.3, -0.25) is 10.1 Å². The fourth-order valence-electron chi connectivity index (χ4n) is 3.28. The van der Waals surface area contributed by atoms with Crippen LogP contribution >= 0.6 is 38.9 Å². The first kappa shape index (κ1) is 19.2. The van der Waals surface area contributed by atoms with Gasteiger partial charge in [-0.05, 0) is 42.5 Å². The Balaban J connectivity index is 1.58. The number of nitrogens with zero attached hydrogens (tertiary/aromatic N) is 2. The number of fused-ring (bicyclic) bond motifs is 2. The van der Waals surface area contributed by atoms with E-state index in [4.69, 9.17) is 16.6 Å². The van der Waals surface area contributed by atoms with Crippen molar-refractivity contribution in [3.63, 3.8) is 0 Å². The molecule has 2 heterocycles. The molecule has 4 nitrogen and oxygen atoms in total. The van der Waals surface area contributed by atoms with Crippen LogP contribution in [0.4, 0.5) is 5.13 Å². The molecule has 0 saturated carbocycles. The maximum Gasteiger partial charge on any atom is 0.258 e. The van der Waals surface area contributed by atoms with E-state index in [1.54, 1.807) is 6.07 Å². The highest BCUT2D eigenvalue weighted by molar-refractivity contribution is 9.10. The molecule has 1 amide bonds. The molecule has 0 atom stereocenters. The number of halogens is 2. The Morgan fingerprint density at radius 1 is 0.933 bits per heavy atom. The molecule has 7 heteroatoms. The summed E-state index contributed by atoms with van der Waals surface area (Å²) in [6.07, 6.45) is 0. The first-order valence-corrected chi connectivity index (χ1v) is 11.1. The van der Waals surface area contributed by atoms with Crippen molar-refractivity contribution >= 4 is 71.0 Å². The molecule has 2 aromatic heterocycles. The number of aromatic nitrogens is 2. The minimum absolute atomic E-state index is 0.227. The van der Waals surface area contributed by atoms with Crippen molar-refractivity contribution in [1.29, 1.82) is 0 Å². The molecule has 0 aliphatic heterocycles. The fraction of sp³-hybridized carbons (Fsp3) is 0. The molecule has 0 aliphatic carbocycles. The zero-order chi connectivity index (χ0) is 20.7. The van der Waals surface area contributed by atoms with E-state index < -0.39 is 0 Å². The summed E-state index contributed by atoms with van der Waals surface area (Å²) >= 11 is 11.0. The van der Waals surface area contributed by atoms with Crippen LogP contribution in [0.1, 0.15) is 10.4 Å². The van der Waals surface area contributed by atoms with Crippen molar-refractivity contribution in [2.75, 3.05) is 5.32 Å². The van der Waals surface area contributed by atoms with E-state index in [0.717, 1.165) is 36.8 Å². The van der Waals surface area contributed by atoms with Crippen LogP contribution in [0.25, 0.3) is 32.4 Å². The molecule has 0 spiro atoms. The number of pyridine rings is 1. The lowest BCUT2D eigenvalue weighted by Crippen LogP contribution is -2.13. The molecular weight excluding hydrogens is 482 g/mol. The van der Waals surface area contributed by atoms with Crippen molar-refractivity contribution in [2.45, 2.75) is 0 Å². The van der Waals surface area contributed by atoms with Crippen LogP contribution < -0.4 is 5.32 Å². The van der Waals surface area contributed by atoms with Crippen LogP contribution in [0.3, 0.4) is 0 Å². The molecule has 0 bridgehead atoms. The molecule has 0 aliphatic rings. The number of carbonyl (C=O) groups excluding carboxylic acids is 1. The Bertz CT molecular complexity index is 1430. The van der Waals surface area contributed by atoms with Gasteiger partial charge < -0.3 is 0 Å². The second kappa shape index (κ2) is 7.80. The largest absolute Gasteiger partial charge is 0.298 e. The van der Waals surface area contributed by atoms with E-state index in [-0.39, 0.29) is 5.91 Å². The number of carbonyl (C=O) groups is 1. The molecule has 5 aromatic rings. The number of hydrogen-bond donors (Lipinski definition) is 1. The monoisotopic (exact) mass is 493 g/mol. The lowest BCUT2D eigenvalue weighted by atomic mass is 10.0. The molecule has 0 unspecified atom stereocenters. The second-order valence-corrected chi connectivity index (χ2v) is 9.05. The number of anilines is 1. The minimum Gasteiger partial charge on any atom is -0.298 e. The summed E-state index contributed by atoms with van der Waals surface area (Å²) in [5.74, 6) is -0.227. The third kappa shape index (κ3) is 3.69. The predicted octanol–water partition coefficient (Wildman–Crippen LogP) is 7.18. The van der Waals surface area contributed by atoms with E-state index >= 15 is 0 Å². The number of amides is 1. The Morgan fingerprint density at radius 3 is 2.67 bits per heavy atom. The van der Waals surface area contributed by atoms with Gasteiger partial charge in [-0.1, -0.05) is 69.2 Å². The summed E-state index contributed by atoms with van der Waals surface area (Å²) in [7, 11) is 0. The predicted molar refractivity (Wildman–Crippen MR) is 127 cm³/mol. The minimum atomic E-state index is -0.227. The van der Waals surface area contributed by atoms with Gasteiger partial charge in [0.1, 0.15) is 0 Å². The highest BCUT2D eigenvalue weighted by Crippen LogP contribution is 2.30. The number of thiazole rings is 1. The van der Waals surface area contributed by atoms with Crippen LogP contribution in [0, 0.1) is 0 Å². The molecule has 0 radical (unpaired) electrons. The third-order valence-corrected chi connectivity index (χ3v) is 6.31. The fourth-order valence-corrected chi connectivity index (χ4v) is 4.81. The van der Waals surface area contributed by atoms with Crippen LogP contribution in [0.5, 0.6) is 0 Å². The van der Waals surface area contributed by atoms with Crippen LogP contribution in [-0.2, 0) is 0 Å². The van der Waals surface area contributed by atoms with E-state index in [9.17, 15) is 4.79 Å². The summed E-state index contributed by atoms with van der Waals surface area (Å²) in [6, 6.07) is 22.8. The summed E-state index contributed by atoms with van der Waals surface area (Å²) < 4.78 is 1.88. The first-order chi connectivity index (χ1) is 14.6. The molecule has 3 aromatic carbocycles. The second-order valence-electron chi connectivity index (χ2n) is 6.67. The Morgan fingerprint density at radius 2 is 1.80 bits per heavy atom. The smallest absolute Gasteiger partial charge is 0.258 e. The number of para-hydroxylation sites is 1. The van der Waals surface area contributed by atoms with Gasteiger partial charge in [0.2, 0.25) is 0 Å². The number of nitrogens with one attached hydrogen (secondary N) is 1. The van der Waals surface area contributed by atoms with Crippen molar-refractivity contribution in [2.24, 2.45) is 0 Å². The topological polar surface area (TPSA) is 54.9 Å². The molecule has 146 valence electrons. The molecule has 0 saturated heterocycles. The number of benzene rings is 3. The molecule has 0 fully saturated rings. The van der Waals surface area contributed by atoms with E-state index in [0.29, 0.717) is 15.7 Å². The highest BCUT2D eigenvalue weighted by atomic mass is 79.9. The highest BCUT2D eigenvalue weighted by Gasteiger charge is 2.16. The van der Waals surface area contributed by atoms with Crippen LogP contribution in [-0.4, -0.2) is 15.9 Å². The average molecular weight is 495 g/mol. The van der Waals surface area contributed by atoms with Crippen molar-refractivity contribution < 1.29 is 4.79 Å². The SMILES string of the molecule is O=C(Nc1nc2ccc(Cl)cc2s1)c1cc(-c2cccc(Br)c2)nc2ccccc12. The summed E-state index contributed by atoms with van der Waals surface area (Å²) in [4.78, 5) is 22.5. The molecule has 30 heavy (non-hydrogen) atoms. The lowest BCUT2D eigenvalue weighted by molar-refractivity contribution is 0.102. The normalized spacial score (nSPS) is 11.1. The number of hydrogen-bond acceptors (Lipinski definition) is 4. The van der Waals surface area contributed by atoms with Gasteiger partial charge in [0.05, 0.1) is 27.0 Å². The summed E-state index contributed by atoms with van der Waals surface area (Å²) in [5.41, 5.74) is 3.77. The van der Waals surface area contributed by atoms with Crippen LogP contribution in [0.2, 0.25) is 5.02 Å². The summed E-state index contributed by atoms with van der Waals surface area (Å²) in [6.45, 7) is 0.